The van der Waals surface area contributed by atoms with E-state index < -0.39 is 0 Å². The molecule has 3 rings (SSSR count). The molecule has 2 heterocycles. The SMILES string of the molecule is O=C(c1cnc(-c2cccc(Cl)c2)s1)N1CCOCC1. The second-order valence-corrected chi connectivity index (χ2v) is 5.91. The molecule has 1 saturated heterocycles. The highest BCUT2D eigenvalue weighted by atomic mass is 35.5. The van der Waals surface area contributed by atoms with Crippen molar-refractivity contribution in [3.05, 3.63) is 40.4 Å². The van der Waals surface area contributed by atoms with Crippen molar-refractivity contribution in [2.75, 3.05) is 26.3 Å². The van der Waals surface area contributed by atoms with Gasteiger partial charge in [0, 0.05) is 23.7 Å². The molecule has 0 saturated carbocycles. The van der Waals surface area contributed by atoms with Crippen LogP contribution in [0.15, 0.2) is 30.5 Å². The van der Waals surface area contributed by atoms with Crippen LogP contribution in [-0.2, 0) is 4.74 Å². The molecule has 0 aliphatic carbocycles. The molecule has 0 N–H and O–H groups in total. The maximum atomic E-state index is 12.3. The Bertz CT molecular complexity index is 623. The number of carbonyl (C=O) groups is 1. The van der Waals surface area contributed by atoms with E-state index in [1.165, 1.54) is 11.3 Å². The third-order valence-corrected chi connectivity index (χ3v) is 4.36. The second-order valence-electron chi connectivity index (χ2n) is 4.44. The summed E-state index contributed by atoms with van der Waals surface area (Å²) in [5.41, 5.74) is 0.934. The van der Waals surface area contributed by atoms with Crippen LogP contribution in [-0.4, -0.2) is 42.1 Å². The van der Waals surface area contributed by atoms with Crippen molar-refractivity contribution in [1.82, 2.24) is 9.88 Å². The summed E-state index contributed by atoms with van der Waals surface area (Å²) in [5.74, 6) is 0.0269. The molecule has 6 heteroatoms. The number of halogens is 1. The summed E-state index contributed by atoms with van der Waals surface area (Å²) in [7, 11) is 0. The number of hydrogen-bond donors (Lipinski definition) is 0. The number of rotatable bonds is 2. The Balaban J connectivity index is 1.81. The van der Waals surface area contributed by atoms with Gasteiger partial charge in [0.2, 0.25) is 0 Å². The van der Waals surface area contributed by atoms with Crippen LogP contribution in [0.1, 0.15) is 9.67 Å². The van der Waals surface area contributed by atoms with Gasteiger partial charge in [-0.15, -0.1) is 11.3 Å². The Morgan fingerprint density at radius 2 is 2.15 bits per heavy atom. The first-order valence-electron chi connectivity index (χ1n) is 6.33. The number of carbonyl (C=O) groups excluding carboxylic acids is 1. The minimum atomic E-state index is 0.0269. The largest absolute Gasteiger partial charge is 0.378 e. The van der Waals surface area contributed by atoms with Crippen LogP contribution in [0.4, 0.5) is 0 Å². The van der Waals surface area contributed by atoms with Gasteiger partial charge in [0.15, 0.2) is 0 Å². The van der Waals surface area contributed by atoms with Gasteiger partial charge >= 0.3 is 0 Å². The molecule has 1 fully saturated rings. The minimum Gasteiger partial charge on any atom is -0.378 e. The Kier molecular flexibility index (Phi) is 4.00. The average molecular weight is 309 g/mol. The first-order chi connectivity index (χ1) is 9.74. The summed E-state index contributed by atoms with van der Waals surface area (Å²) in [6, 6.07) is 7.48. The number of aromatic nitrogens is 1. The van der Waals surface area contributed by atoms with E-state index in [4.69, 9.17) is 16.3 Å². The summed E-state index contributed by atoms with van der Waals surface area (Å²) < 4.78 is 5.25. The topological polar surface area (TPSA) is 42.4 Å². The van der Waals surface area contributed by atoms with Crippen molar-refractivity contribution in [3.8, 4) is 10.6 Å². The first kappa shape index (κ1) is 13.5. The van der Waals surface area contributed by atoms with E-state index >= 15 is 0 Å². The Labute approximate surface area is 126 Å². The van der Waals surface area contributed by atoms with Gasteiger partial charge in [-0.05, 0) is 12.1 Å². The highest BCUT2D eigenvalue weighted by molar-refractivity contribution is 7.16. The van der Waals surface area contributed by atoms with Crippen molar-refractivity contribution in [3.63, 3.8) is 0 Å². The van der Waals surface area contributed by atoms with Crippen molar-refractivity contribution in [1.29, 1.82) is 0 Å². The molecule has 104 valence electrons. The lowest BCUT2D eigenvalue weighted by atomic mass is 10.2. The van der Waals surface area contributed by atoms with Crippen LogP contribution in [0.2, 0.25) is 5.02 Å². The quantitative estimate of drug-likeness (QED) is 0.856. The highest BCUT2D eigenvalue weighted by Crippen LogP contribution is 2.27. The summed E-state index contributed by atoms with van der Waals surface area (Å²) >= 11 is 7.37. The third-order valence-electron chi connectivity index (χ3n) is 3.09. The van der Waals surface area contributed by atoms with E-state index in [1.54, 1.807) is 11.1 Å². The van der Waals surface area contributed by atoms with Gasteiger partial charge in [-0.2, -0.15) is 0 Å². The number of amides is 1. The molecular formula is C14H13ClN2O2S. The zero-order valence-electron chi connectivity index (χ0n) is 10.7. The Morgan fingerprint density at radius 3 is 2.90 bits per heavy atom. The Hall–Kier alpha value is -1.43. The van der Waals surface area contributed by atoms with Gasteiger partial charge in [0.1, 0.15) is 9.88 Å². The molecule has 20 heavy (non-hydrogen) atoms. The van der Waals surface area contributed by atoms with E-state index in [-0.39, 0.29) is 5.91 Å². The fraction of sp³-hybridized carbons (Fsp3) is 0.286. The first-order valence-corrected chi connectivity index (χ1v) is 7.52. The zero-order valence-corrected chi connectivity index (χ0v) is 12.3. The van der Waals surface area contributed by atoms with Gasteiger partial charge < -0.3 is 9.64 Å². The van der Waals surface area contributed by atoms with Crippen LogP contribution < -0.4 is 0 Å². The molecule has 0 bridgehead atoms. The predicted octanol–water partition coefficient (Wildman–Crippen LogP) is 2.94. The van der Waals surface area contributed by atoms with Crippen LogP contribution >= 0.6 is 22.9 Å². The molecule has 1 aliphatic rings. The second kappa shape index (κ2) is 5.91. The van der Waals surface area contributed by atoms with E-state index in [2.05, 4.69) is 4.98 Å². The summed E-state index contributed by atoms with van der Waals surface area (Å²) in [5, 5.41) is 1.47. The molecule has 1 aromatic carbocycles. The van der Waals surface area contributed by atoms with Gasteiger partial charge in [-0.3, -0.25) is 4.79 Å². The highest BCUT2D eigenvalue weighted by Gasteiger charge is 2.20. The number of thiazole rings is 1. The van der Waals surface area contributed by atoms with Gasteiger partial charge in [0.05, 0.1) is 19.4 Å². The van der Waals surface area contributed by atoms with E-state index in [1.807, 2.05) is 24.3 Å². The third kappa shape index (κ3) is 2.85. The summed E-state index contributed by atoms with van der Waals surface area (Å²) in [6.07, 6.45) is 1.64. The number of hydrogen-bond acceptors (Lipinski definition) is 4. The summed E-state index contributed by atoms with van der Waals surface area (Å²) in [4.78, 5) is 19.1. The minimum absolute atomic E-state index is 0.0269. The number of nitrogens with zero attached hydrogens (tertiary/aromatic N) is 2. The molecule has 1 aromatic heterocycles. The molecular weight excluding hydrogens is 296 g/mol. The molecule has 0 radical (unpaired) electrons. The lowest BCUT2D eigenvalue weighted by Crippen LogP contribution is -2.40. The smallest absolute Gasteiger partial charge is 0.265 e. The van der Waals surface area contributed by atoms with Crippen molar-refractivity contribution < 1.29 is 9.53 Å². The Morgan fingerprint density at radius 1 is 1.35 bits per heavy atom. The standard InChI is InChI=1S/C14H13ClN2O2S/c15-11-3-1-2-10(8-11)13-16-9-12(20-13)14(18)17-4-6-19-7-5-17/h1-3,8-9H,4-7H2. The molecule has 1 aliphatic heterocycles. The fourth-order valence-electron chi connectivity index (χ4n) is 2.05. The number of ether oxygens (including phenoxy) is 1. The van der Waals surface area contributed by atoms with Crippen LogP contribution in [0, 0.1) is 0 Å². The van der Waals surface area contributed by atoms with Crippen LogP contribution in [0.25, 0.3) is 10.6 Å². The monoisotopic (exact) mass is 308 g/mol. The van der Waals surface area contributed by atoms with Crippen LogP contribution in [0.5, 0.6) is 0 Å². The predicted molar refractivity (Wildman–Crippen MR) is 79.3 cm³/mol. The van der Waals surface area contributed by atoms with E-state index in [0.717, 1.165) is 10.6 Å². The lowest BCUT2D eigenvalue weighted by Gasteiger charge is -2.26. The molecule has 4 nitrogen and oxygen atoms in total. The number of morpholine rings is 1. The van der Waals surface area contributed by atoms with Crippen LogP contribution in [0.3, 0.4) is 0 Å². The molecule has 0 unspecified atom stereocenters. The molecule has 2 aromatic rings. The maximum absolute atomic E-state index is 12.3. The van der Waals surface area contributed by atoms with E-state index in [0.29, 0.717) is 36.2 Å². The normalized spacial score (nSPS) is 15.3. The van der Waals surface area contributed by atoms with Gasteiger partial charge in [-0.25, -0.2) is 4.98 Å². The van der Waals surface area contributed by atoms with Crippen molar-refractivity contribution in [2.24, 2.45) is 0 Å². The van der Waals surface area contributed by atoms with Crippen molar-refractivity contribution in [2.45, 2.75) is 0 Å². The lowest BCUT2D eigenvalue weighted by molar-refractivity contribution is 0.0306. The maximum Gasteiger partial charge on any atom is 0.265 e. The summed E-state index contributed by atoms with van der Waals surface area (Å²) in [6.45, 7) is 2.49. The molecule has 0 spiro atoms. The van der Waals surface area contributed by atoms with E-state index in [9.17, 15) is 4.79 Å². The fourth-order valence-corrected chi connectivity index (χ4v) is 3.12. The molecule has 0 atom stereocenters. The zero-order chi connectivity index (χ0) is 13.9. The molecule has 1 amide bonds. The van der Waals surface area contributed by atoms with Gasteiger partial charge in [0.25, 0.3) is 5.91 Å². The number of benzene rings is 1. The van der Waals surface area contributed by atoms with Gasteiger partial charge in [-0.1, -0.05) is 23.7 Å². The van der Waals surface area contributed by atoms with Crippen molar-refractivity contribution >= 4 is 28.8 Å². The average Bonchev–Trinajstić information content (AvgIpc) is 2.97.